The number of para-hydroxylation sites is 4. The van der Waals surface area contributed by atoms with Gasteiger partial charge in [0.15, 0.2) is 17.5 Å². The molecule has 5 heteroatoms. The van der Waals surface area contributed by atoms with E-state index in [-0.39, 0.29) is 0 Å². The van der Waals surface area contributed by atoms with Crippen LogP contribution in [0.2, 0.25) is 0 Å². The van der Waals surface area contributed by atoms with E-state index in [2.05, 4.69) is 127 Å². The fourth-order valence-electron chi connectivity index (χ4n) is 8.47. The van der Waals surface area contributed by atoms with Gasteiger partial charge in [-0.25, -0.2) is 15.0 Å². The molecule has 12 rings (SSSR count). The molecule has 3 aromatic heterocycles. The number of nitrogens with zero attached hydrogens (tertiary/aromatic N) is 3. The lowest BCUT2D eigenvalue weighted by atomic mass is 9.92. The van der Waals surface area contributed by atoms with Gasteiger partial charge in [-0.1, -0.05) is 140 Å². The van der Waals surface area contributed by atoms with Crippen molar-refractivity contribution in [1.82, 2.24) is 15.0 Å². The summed E-state index contributed by atoms with van der Waals surface area (Å²) < 4.78 is 13.1. The van der Waals surface area contributed by atoms with Crippen LogP contribution < -0.4 is 0 Å². The Bertz CT molecular complexity index is 3470. The van der Waals surface area contributed by atoms with E-state index in [1.165, 1.54) is 16.2 Å². The molecule has 12 aromatic rings. The van der Waals surface area contributed by atoms with Gasteiger partial charge in [0.25, 0.3) is 0 Å². The van der Waals surface area contributed by atoms with E-state index in [1.807, 2.05) is 60.7 Å². The van der Waals surface area contributed by atoms with Crippen LogP contribution in [-0.4, -0.2) is 15.0 Å². The molecular weight excluding hydrogens is 711 g/mol. The normalized spacial score (nSPS) is 11.8. The van der Waals surface area contributed by atoms with E-state index in [0.29, 0.717) is 17.5 Å². The van der Waals surface area contributed by atoms with Crippen molar-refractivity contribution in [2.24, 2.45) is 0 Å². The molecule has 0 atom stereocenters. The quantitative estimate of drug-likeness (QED) is 0.176. The van der Waals surface area contributed by atoms with Gasteiger partial charge in [-0.3, -0.25) is 0 Å². The molecule has 0 aliphatic rings. The lowest BCUT2D eigenvalue weighted by Crippen LogP contribution is -2.02. The van der Waals surface area contributed by atoms with Crippen LogP contribution in [0.15, 0.2) is 197 Å². The molecule has 0 saturated carbocycles. The monoisotopic (exact) mass is 741 g/mol. The van der Waals surface area contributed by atoms with Crippen LogP contribution in [0.25, 0.3) is 122 Å². The van der Waals surface area contributed by atoms with Gasteiger partial charge < -0.3 is 8.83 Å². The predicted molar refractivity (Wildman–Crippen MR) is 237 cm³/mol. The summed E-state index contributed by atoms with van der Waals surface area (Å²) in [5.74, 6) is 1.58. The van der Waals surface area contributed by atoms with Crippen molar-refractivity contribution in [3.8, 4) is 56.4 Å². The van der Waals surface area contributed by atoms with E-state index < -0.39 is 0 Å². The molecule has 3 heterocycles. The number of aromatic nitrogens is 3. The van der Waals surface area contributed by atoms with Crippen molar-refractivity contribution in [3.05, 3.63) is 188 Å². The van der Waals surface area contributed by atoms with Crippen molar-refractivity contribution in [3.63, 3.8) is 0 Å². The summed E-state index contributed by atoms with van der Waals surface area (Å²) in [7, 11) is 0. The Labute approximate surface area is 332 Å². The van der Waals surface area contributed by atoms with Crippen LogP contribution in [0.5, 0.6) is 0 Å². The maximum atomic E-state index is 6.55. The van der Waals surface area contributed by atoms with Gasteiger partial charge >= 0.3 is 0 Å². The Kier molecular flexibility index (Phi) is 7.16. The molecule has 0 fully saturated rings. The van der Waals surface area contributed by atoms with E-state index in [1.54, 1.807) is 0 Å². The summed E-state index contributed by atoms with van der Waals surface area (Å²) in [5.41, 5.74) is 9.88. The topological polar surface area (TPSA) is 65.0 Å². The van der Waals surface area contributed by atoms with Crippen LogP contribution in [0.4, 0.5) is 0 Å². The first-order valence-electron chi connectivity index (χ1n) is 19.4. The highest BCUT2D eigenvalue weighted by atomic mass is 16.3. The number of furan rings is 2. The van der Waals surface area contributed by atoms with Crippen LogP contribution in [-0.2, 0) is 0 Å². The molecule has 270 valence electrons. The second-order valence-corrected chi connectivity index (χ2v) is 14.8. The van der Waals surface area contributed by atoms with Crippen molar-refractivity contribution in [2.45, 2.75) is 0 Å². The predicted octanol–water partition coefficient (Wildman–Crippen LogP) is 14.3. The van der Waals surface area contributed by atoms with Crippen molar-refractivity contribution >= 4 is 65.4 Å². The largest absolute Gasteiger partial charge is 0.455 e. The van der Waals surface area contributed by atoms with Gasteiger partial charge in [0.2, 0.25) is 0 Å². The molecule has 0 saturated heterocycles. The highest BCUT2D eigenvalue weighted by Gasteiger charge is 2.22. The van der Waals surface area contributed by atoms with Crippen molar-refractivity contribution in [1.29, 1.82) is 0 Å². The number of hydrogen-bond donors (Lipinski definition) is 0. The zero-order valence-electron chi connectivity index (χ0n) is 31.1. The van der Waals surface area contributed by atoms with Crippen molar-refractivity contribution < 1.29 is 8.83 Å². The lowest BCUT2D eigenvalue weighted by molar-refractivity contribution is 0.669. The Morgan fingerprint density at radius 2 is 0.707 bits per heavy atom. The Morgan fingerprint density at radius 1 is 0.276 bits per heavy atom. The Balaban J connectivity index is 1.13. The first-order valence-corrected chi connectivity index (χ1v) is 19.4. The maximum Gasteiger partial charge on any atom is 0.167 e. The lowest BCUT2D eigenvalue weighted by Gasteiger charge is -2.15. The maximum absolute atomic E-state index is 6.55. The minimum Gasteiger partial charge on any atom is -0.455 e. The third-order valence-electron chi connectivity index (χ3n) is 11.3. The molecular formula is C53H31N3O2. The third kappa shape index (κ3) is 5.21. The highest BCUT2D eigenvalue weighted by Crippen LogP contribution is 2.41. The number of benzene rings is 9. The molecule has 9 aromatic carbocycles. The Morgan fingerprint density at radius 3 is 1.29 bits per heavy atom. The van der Waals surface area contributed by atoms with Gasteiger partial charge in [0, 0.05) is 27.1 Å². The summed E-state index contributed by atoms with van der Waals surface area (Å²) in [5, 5.41) is 8.85. The summed E-state index contributed by atoms with van der Waals surface area (Å²) in [6.07, 6.45) is 0. The molecule has 0 amide bonds. The van der Waals surface area contributed by atoms with E-state index >= 15 is 0 Å². The standard InChI is InChI=1S/C53H31N3O2/c1-3-13-34-29-36(25-23-32(34)11-1)37-27-28-43(46(31-37)38-26-24-33-12-2-4-14-35(33)30-38)51-54-52(44-19-9-17-41-39-15-5-7-21-47(39)57-49(41)44)56-53(55-51)45-20-10-18-42-40-16-6-8-22-48(40)58-50(42)45/h1-31H. The van der Waals surface area contributed by atoms with Crippen LogP contribution >= 0.6 is 0 Å². The zero-order valence-corrected chi connectivity index (χ0v) is 31.1. The number of rotatable bonds is 5. The number of fused-ring (bicyclic) bond motifs is 8. The smallest absolute Gasteiger partial charge is 0.167 e. The third-order valence-corrected chi connectivity index (χ3v) is 11.3. The average molecular weight is 742 g/mol. The van der Waals surface area contributed by atoms with Crippen molar-refractivity contribution in [2.75, 3.05) is 0 Å². The molecule has 0 unspecified atom stereocenters. The van der Waals surface area contributed by atoms with E-state index in [4.69, 9.17) is 23.8 Å². The first-order chi connectivity index (χ1) is 28.7. The van der Waals surface area contributed by atoms with Crippen LogP contribution in [0, 0.1) is 0 Å². The summed E-state index contributed by atoms with van der Waals surface area (Å²) in [6, 6.07) is 65.4. The molecule has 5 nitrogen and oxygen atoms in total. The van der Waals surface area contributed by atoms with Gasteiger partial charge in [-0.15, -0.1) is 0 Å². The number of hydrogen-bond acceptors (Lipinski definition) is 5. The molecule has 0 aliphatic heterocycles. The molecule has 0 N–H and O–H groups in total. The van der Waals surface area contributed by atoms with Crippen LogP contribution in [0.3, 0.4) is 0 Å². The van der Waals surface area contributed by atoms with Crippen LogP contribution in [0.1, 0.15) is 0 Å². The molecule has 0 bridgehead atoms. The average Bonchev–Trinajstić information content (AvgIpc) is 3.87. The fraction of sp³-hybridized carbons (Fsp3) is 0. The van der Waals surface area contributed by atoms with Gasteiger partial charge in [-0.2, -0.15) is 0 Å². The minimum atomic E-state index is 0.515. The zero-order chi connectivity index (χ0) is 38.2. The highest BCUT2D eigenvalue weighted by molar-refractivity contribution is 6.10. The molecule has 0 radical (unpaired) electrons. The Hall–Kier alpha value is -7.89. The second-order valence-electron chi connectivity index (χ2n) is 14.8. The first kappa shape index (κ1) is 32.4. The minimum absolute atomic E-state index is 0.515. The summed E-state index contributed by atoms with van der Waals surface area (Å²) >= 11 is 0. The molecule has 0 aliphatic carbocycles. The van der Waals surface area contributed by atoms with Gasteiger partial charge in [0.1, 0.15) is 22.3 Å². The van der Waals surface area contributed by atoms with Gasteiger partial charge in [0.05, 0.1) is 11.1 Å². The van der Waals surface area contributed by atoms with E-state index in [0.717, 1.165) is 88.2 Å². The SMILES string of the molecule is c1ccc2cc(-c3ccc(-c4nc(-c5cccc6c5oc5ccccc56)nc(-c5cccc6c5oc5ccccc56)n4)c(-c4ccc5ccccc5c4)c3)ccc2c1. The fourth-order valence-corrected chi connectivity index (χ4v) is 8.47. The van der Waals surface area contributed by atoms with Gasteiger partial charge in [-0.05, 0) is 92.3 Å². The molecule has 58 heavy (non-hydrogen) atoms. The summed E-state index contributed by atoms with van der Waals surface area (Å²) in [6.45, 7) is 0. The summed E-state index contributed by atoms with van der Waals surface area (Å²) in [4.78, 5) is 15.9. The second kappa shape index (κ2) is 12.8. The molecule has 0 spiro atoms. The van der Waals surface area contributed by atoms with E-state index in [9.17, 15) is 0 Å².